The van der Waals surface area contributed by atoms with Crippen LogP contribution in [0.1, 0.15) is 27.6 Å². The van der Waals surface area contributed by atoms with Crippen LogP contribution < -0.4 is 16.0 Å². The van der Waals surface area contributed by atoms with Gasteiger partial charge in [-0.05, 0) is 47.8 Å². The Hall–Kier alpha value is -1.62. The Kier molecular flexibility index (Phi) is 12.4. The van der Waals surface area contributed by atoms with E-state index in [0.29, 0.717) is 0 Å². The van der Waals surface area contributed by atoms with E-state index in [-0.39, 0.29) is 43.3 Å². The standard InChI is InChI=1S/C18H22Br3N3O9/c1-7(27)33-6-10(30)24-16-14(20)11(17(31)22-2-8(28)4-25)13(19)12(15(16)21)18(32)23-3-9(29)5-26/h8-9,25-26,28-29H,2-6H2,1H3,(H,22,31)(H,23,32)(H,24,30). The summed E-state index contributed by atoms with van der Waals surface area (Å²) < 4.78 is 4.71. The molecule has 1 aromatic rings. The first-order valence-electron chi connectivity index (χ1n) is 9.22. The maximum Gasteiger partial charge on any atom is 0.303 e. The summed E-state index contributed by atoms with van der Waals surface area (Å²) in [5.74, 6) is -3.00. The van der Waals surface area contributed by atoms with Crippen LogP contribution in [0.4, 0.5) is 5.69 Å². The van der Waals surface area contributed by atoms with E-state index in [2.05, 4.69) is 68.5 Å². The minimum Gasteiger partial charge on any atom is -0.456 e. The molecule has 0 aliphatic carbocycles. The van der Waals surface area contributed by atoms with E-state index in [9.17, 15) is 29.4 Å². The molecule has 2 atom stereocenters. The Morgan fingerprint density at radius 1 is 0.848 bits per heavy atom. The van der Waals surface area contributed by atoms with Gasteiger partial charge in [0.15, 0.2) is 6.61 Å². The number of benzene rings is 1. The third-order valence-electron chi connectivity index (χ3n) is 3.86. The molecule has 0 aliphatic heterocycles. The number of hydrogen-bond acceptors (Lipinski definition) is 9. The number of rotatable bonds is 11. The predicted molar refractivity (Wildman–Crippen MR) is 126 cm³/mol. The summed E-state index contributed by atoms with van der Waals surface area (Å²) in [6.45, 7) is -1.31. The highest BCUT2D eigenvalue weighted by molar-refractivity contribution is 9.11. The topological polar surface area (TPSA) is 195 Å². The van der Waals surface area contributed by atoms with Gasteiger partial charge in [-0.25, -0.2) is 0 Å². The van der Waals surface area contributed by atoms with Gasteiger partial charge in [-0.3, -0.25) is 19.2 Å². The fourth-order valence-corrected chi connectivity index (χ4v) is 5.15. The van der Waals surface area contributed by atoms with Gasteiger partial charge in [0, 0.05) is 24.5 Å². The second-order valence-corrected chi connectivity index (χ2v) is 8.87. The molecule has 3 amide bonds. The van der Waals surface area contributed by atoms with E-state index in [1.807, 2.05) is 0 Å². The van der Waals surface area contributed by atoms with Gasteiger partial charge < -0.3 is 41.1 Å². The largest absolute Gasteiger partial charge is 0.456 e. The summed E-state index contributed by atoms with van der Waals surface area (Å²) in [4.78, 5) is 48.8. The van der Waals surface area contributed by atoms with Gasteiger partial charge in [-0.15, -0.1) is 0 Å². The van der Waals surface area contributed by atoms with Gasteiger partial charge in [0.05, 0.1) is 51.2 Å². The van der Waals surface area contributed by atoms with E-state index in [0.717, 1.165) is 6.92 Å². The van der Waals surface area contributed by atoms with Crippen molar-refractivity contribution in [1.29, 1.82) is 0 Å². The zero-order valence-electron chi connectivity index (χ0n) is 17.2. The minimum atomic E-state index is -1.23. The van der Waals surface area contributed by atoms with E-state index in [1.165, 1.54) is 0 Å². The highest BCUT2D eigenvalue weighted by atomic mass is 79.9. The van der Waals surface area contributed by atoms with Crippen LogP contribution in [0.15, 0.2) is 13.4 Å². The first kappa shape index (κ1) is 29.4. The Labute approximate surface area is 213 Å². The van der Waals surface area contributed by atoms with Gasteiger partial charge >= 0.3 is 5.97 Å². The van der Waals surface area contributed by atoms with Crippen molar-refractivity contribution in [2.45, 2.75) is 19.1 Å². The molecule has 1 rings (SSSR count). The van der Waals surface area contributed by atoms with Gasteiger partial charge in [0.25, 0.3) is 17.7 Å². The van der Waals surface area contributed by atoms with E-state index in [1.54, 1.807) is 0 Å². The summed E-state index contributed by atoms with van der Waals surface area (Å²) in [6, 6.07) is 0. The molecular formula is C18H22Br3N3O9. The third kappa shape index (κ3) is 8.59. The summed E-state index contributed by atoms with van der Waals surface area (Å²) in [6.07, 6.45) is -2.46. The molecule has 0 saturated carbocycles. The number of anilines is 1. The lowest BCUT2D eigenvalue weighted by Crippen LogP contribution is -2.36. The summed E-state index contributed by atoms with van der Waals surface area (Å²) >= 11 is 9.62. The Morgan fingerprint density at radius 3 is 1.64 bits per heavy atom. The molecule has 0 spiro atoms. The van der Waals surface area contributed by atoms with Crippen LogP contribution in [0.3, 0.4) is 0 Å². The summed E-state index contributed by atoms with van der Waals surface area (Å²) in [5.41, 5.74) is -0.325. The minimum absolute atomic E-state index is 0.00814. The van der Waals surface area contributed by atoms with Crippen LogP contribution in [0, 0.1) is 0 Å². The van der Waals surface area contributed by atoms with Crippen LogP contribution in [-0.4, -0.2) is 89.2 Å². The van der Waals surface area contributed by atoms with Gasteiger partial charge in [0.1, 0.15) is 0 Å². The Balaban J connectivity index is 3.47. The van der Waals surface area contributed by atoms with Crippen LogP contribution in [0.5, 0.6) is 0 Å². The number of aliphatic hydroxyl groups is 4. The van der Waals surface area contributed by atoms with Crippen LogP contribution in [0.2, 0.25) is 0 Å². The second-order valence-electron chi connectivity index (χ2n) is 6.49. The molecule has 2 unspecified atom stereocenters. The molecule has 0 fully saturated rings. The predicted octanol–water partition coefficient (Wildman–Crippen LogP) is -0.358. The highest BCUT2D eigenvalue weighted by Crippen LogP contribution is 2.42. The molecule has 184 valence electrons. The first-order valence-corrected chi connectivity index (χ1v) is 11.6. The quantitative estimate of drug-likeness (QED) is 0.155. The summed E-state index contributed by atoms with van der Waals surface area (Å²) in [5, 5.41) is 44.1. The van der Waals surface area contributed by atoms with Crippen molar-refractivity contribution in [3.8, 4) is 0 Å². The third-order valence-corrected chi connectivity index (χ3v) is 6.24. The molecule has 12 nitrogen and oxygen atoms in total. The number of ether oxygens (including phenoxy) is 1. The van der Waals surface area contributed by atoms with E-state index in [4.69, 9.17) is 10.2 Å². The number of esters is 1. The summed E-state index contributed by atoms with van der Waals surface area (Å²) in [7, 11) is 0. The van der Waals surface area contributed by atoms with Crippen molar-refractivity contribution in [2.75, 3.05) is 38.2 Å². The molecule has 0 radical (unpaired) electrons. The number of nitrogens with one attached hydrogen (secondary N) is 3. The molecule has 1 aromatic carbocycles. The maximum atomic E-state index is 12.8. The molecule has 0 heterocycles. The Bertz CT molecular complexity index is 861. The molecule has 7 N–H and O–H groups in total. The maximum absolute atomic E-state index is 12.8. The number of aliphatic hydroxyl groups excluding tert-OH is 4. The van der Waals surface area contributed by atoms with Crippen molar-refractivity contribution < 1.29 is 44.3 Å². The fraction of sp³-hybridized carbons (Fsp3) is 0.444. The highest BCUT2D eigenvalue weighted by Gasteiger charge is 2.29. The molecule has 15 heteroatoms. The monoisotopic (exact) mass is 661 g/mol. The number of carbonyl (C=O) groups is 4. The van der Waals surface area contributed by atoms with Crippen molar-refractivity contribution >= 4 is 77.2 Å². The van der Waals surface area contributed by atoms with Crippen LogP contribution >= 0.6 is 47.8 Å². The molecule has 33 heavy (non-hydrogen) atoms. The second kappa shape index (κ2) is 13.9. The van der Waals surface area contributed by atoms with E-state index >= 15 is 0 Å². The van der Waals surface area contributed by atoms with Crippen molar-refractivity contribution in [3.05, 3.63) is 24.5 Å². The number of amides is 3. The Morgan fingerprint density at radius 2 is 1.27 bits per heavy atom. The average Bonchev–Trinajstić information content (AvgIpc) is 2.76. The normalized spacial score (nSPS) is 12.5. The average molecular weight is 664 g/mol. The van der Waals surface area contributed by atoms with Crippen LogP contribution in [-0.2, 0) is 14.3 Å². The van der Waals surface area contributed by atoms with Crippen molar-refractivity contribution in [1.82, 2.24) is 10.6 Å². The first-order chi connectivity index (χ1) is 15.4. The van der Waals surface area contributed by atoms with Gasteiger partial charge in [-0.2, -0.15) is 0 Å². The van der Waals surface area contributed by atoms with E-state index < -0.39 is 55.7 Å². The zero-order valence-corrected chi connectivity index (χ0v) is 21.9. The lowest BCUT2D eigenvalue weighted by atomic mass is 10.1. The number of halogens is 3. The van der Waals surface area contributed by atoms with Crippen molar-refractivity contribution in [2.24, 2.45) is 0 Å². The molecule has 0 saturated heterocycles. The fourth-order valence-electron chi connectivity index (χ4n) is 2.24. The molecule has 0 bridgehead atoms. The molecule has 0 aromatic heterocycles. The number of carbonyl (C=O) groups excluding carboxylic acids is 4. The number of hydrogen-bond donors (Lipinski definition) is 7. The van der Waals surface area contributed by atoms with Crippen LogP contribution in [0.25, 0.3) is 0 Å². The van der Waals surface area contributed by atoms with Gasteiger partial charge in [0.2, 0.25) is 0 Å². The smallest absolute Gasteiger partial charge is 0.303 e. The lowest BCUT2D eigenvalue weighted by molar-refractivity contribution is -0.144. The molecular weight excluding hydrogens is 642 g/mol. The lowest BCUT2D eigenvalue weighted by Gasteiger charge is -2.20. The van der Waals surface area contributed by atoms with Gasteiger partial charge in [-0.1, -0.05) is 0 Å². The molecule has 0 aliphatic rings. The zero-order chi connectivity index (χ0) is 25.3. The SMILES string of the molecule is CC(=O)OCC(=O)Nc1c(Br)c(C(=O)NCC(O)CO)c(Br)c(C(=O)NCC(O)CO)c1Br. The van der Waals surface area contributed by atoms with Crippen molar-refractivity contribution in [3.63, 3.8) is 0 Å².